The Balaban J connectivity index is 1.74. The summed E-state index contributed by atoms with van der Waals surface area (Å²) in [7, 11) is 0. The number of nitrogens with zero attached hydrogens (tertiary/aromatic N) is 1. The van der Waals surface area contributed by atoms with Gasteiger partial charge in [0.1, 0.15) is 0 Å². The maximum Gasteiger partial charge on any atom is 0.194 e. The van der Waals surface area contributed by atoms with E-state index in [0.717, 1.165) is 32.0 Å². The highest BCUT2D eigenvalue weighted by Gasteiger charge is 2.23. The van der Waals surface area contributed by atoms with Crippen LogP contribution < -0.4 is 16.1 Å². The molecule has 0 radical (unpaired) electrons. The lowest BCUT2D eigenvalue weighted by atomic mass is 10.1. The fraction of sp³-hybridized carbons (Fsp3) is 0.471. The summed E-state index contributed by atoms with van der Waals surface area (Å²) in [5, 5.41) is 7.01. The first-order chi connectivity index (χ1) is 11.6. The van der Waals surface area contributed by atoms with Crippen molar-refractivity contribution in [3.63, 3.8) is 0 Å². The van der Waals surface area contributed by atoms with Gasteiger partial charge in [0.05, 0.1) is 15.8 Å². The molecular weight excluding hydrogens is 332 g/mol. The minimum absolute atomic E-state index is 0.208. The van der Waals surface area contributed by atoms with Crippen molar-refractivity contribution in [3.05, 3.63) is 39.7 Å². The molecule has 2 aliphatic rings. The minimum Gasteiger partial charge on any atom is -0.345 e. The SMILES string of the molecule is O=c1c(CN[C@H]2CCCNC2)cn2c3c(c(F)c(F)cc13)SCC2. The van der Waals surface area contributed by atoms with Crippen molar-refractivity contribution in [2.75, 3.05) is 18.8 Å². The van der Waals surface area contributed by atoms with Crippen LogP contribution in [0.25, 0.3) is 10.9 Å². The van der Waals surface area contributed by atoms with Gasteiger partial charge in [-0.3, -0.25) is 4.79 Å². The Morgan fingerprint density at radius 2 is 2.29 bits per heavy atom. The zero-order chi connectivity index (χ0) is 16.7. The average molecular weight is 351 g/mol. The molecule has 0 bridgehead atoms. The van der Waals surface area contributed by atoms with Crippen molar-refractivity contribution >= 4 is 22.7 Å². The van der Waals surface area contributed by atoms with Crippen LogP contribution in [-0.2, 0) is 13.1 Å². The molecule has 4 nitrogen and oxygen atoms in total. The number of hydrogen-bond acceptors (Lipinski definition) is 4. The quantitative estimate of drug-likeness (QED) is 0.890. The standard InChI is InChI=1S/C17H19F2N3OS/c18-13-6-12-15-17(14(13)19)24-5-4-22(15)9-10(16(12)23)7-21-11-2-1-3-20-8-11/h6,9,11,20-21H,1-5,7-8H2/t11-/m0/s1. The molecule has 0 spiro atoms. The van der Waals surface area contributed by atoms with Gasteiger partial charge in [0, 0.05) is 43.2 Å². The van der Waals surface area contributed by atoms with E-state index in [4.69, 9.17) is 0 Å². The maximum atomic E-state index is 14.0. The number of rotatable bonds is 3. The van der Waals surface area contributed by atoms with E-state index in [1.54, 1.807) is 6.20 Å². The van der Waals surface area contributed by atoms with Crippen molar-refractivity contribution in [3.8, 4) is 0 Å². The normalized spacial score (nSPS) is 20.5. The number of thioether (sulfide) groups is 1. The van der Waals surface area contributed by atoms with Gasteiger partial charge in [0.2, 0.25) is 0 Å². The number of benzene rings is 1. The third-order valence-electron chi connectivity index (χ3n) is 4.74. The van der Waals surface area contributed by atoms with E-state index in [2.05, 4.69) is 10.6 Å². The molecule has 7 heteroatoms. The number of aromatic nitrogens is 1. The molecule has 1 fully saturated rings. The smallest absolute Gasteiger partial charge is 0.194 e. The van der Waals surface area contributed by atoms with Crippen LogP contribution in [0.5, 0.6) is 0 Å². The van der Waals surface area contributed by atoms with Gasteiger partial charge in [0.15, 0.2) is 17.1 Å². The molecule has 0 amide bonds. The Labute approximate surface area is 142 Å². The number of nitrogens with one attached hydrogen (secondary N) is 2. The molecule has 0 saturated carbocycles. The lowest BCUT2D eigenvalue weighted by Gasteiger charge is -2.25. The predicted octanol–water partition coefficient (Wildman–Crippen LogP) is 2.23. The Morgan fingerprint density at radius 3 is 3.08 bits per heavy atom. The molecule has 1 atom stereocenters. The number of aryl methyl sites for hydroxylation is 1. The second kappa shape index (κ2) is 6.46. The van der Waals surface area contributed by atoms with Crippen LogP contribution in [0.3, 0.4) is 0 Å². The Bertz CT molecular complexity index is 846. The highest BCUT2D eigenvalue weighted by Crippen LogP contribution is 2.34. The second-order valence-corrected chi connectivity index (χ2v) is 7.45. The summed E-state index contributed by atoms with van der Waals surface area (Å²) < 4.78 is 29.8. The number of hydrogen-bond donors (Lipinski definition) is 2. The van der Waals surface area contributed by atoms with E-state index < -0.39 is 11.6 Å². The molecular formula is C17H19F2N3OS. The van der Waals surface area contributed by atoms with Gasteiger partial charge in [-0.1, -0.05) is 0 Å². The Kier molecular flexibility index (Phi) is 4.32. The molecule has 1 aromatic heterocycles. The molecule has 4 rings (SSSR count). The third-order valence-corrected chi connectivity index (χ3v) is 5.79. The third kappa shape index (κ3) is 2.74. The molecule has 0 aliphatic carbocycles. The predicted molar refractivity (Wildman–Crippen MR) is 91.6 cm³/mol. The largest absolute Gasteiger partial charge is 0.345 e. The topological polar surface area (TPSA) is 46.1 Å². The molecule has 1 aromatic carbocycles. The Morgan fingerprint density at radius 1 is 1.42 bits per heavy atom. The molecule has 2 aliphatic heterocycles. The van der Waals surface area contributed by atoms with Gasteiger partial charge < -0.3 is 15.2 Å². The van der Waals surface area contributed by atoms with Crippen LogP contribution in [0.15, 0.2) is 22.0 Å². The van der Waals surface area contributed by atoms with E-state index in [0.29, 0.717) is 36.0 Å². The van der Waals surface area contributed by atoms with Crippen molar-refractivity contribution in [2.24, 2.45) is 0 Å². The number of halogens is 2. The van der Waals surface area contributed by atoms with Gasteiger partial charge in [-0.05, 0) is 25.5 Å². The van der Waals surface area contributed by atoms with Gasteiger partial charge in [-0.2, -0.15) is 0 Å². The summed E-state index contributed by atoms with van der Waals surface area (Å²) in [4.78, 5) is 13.0. The van der Waals surface area contributed by atoms with Gasteiger partial charge in [0.25, 0.3) is 0 Å². The molecule has 1 saturated heterocycles. The Hall–Kier alpha value is -1.44. The zero-order valence-electron chi connectivity index (χ0n) is 13.2. The fourth-order valence-electron chi connectivity index (χ4n) is 3.50. The van der Waals surface area contributed by atoms with Gasteiger partial charge in [-0.15, -0.1) is 11.8 Å². The van der Waals surface area contributed by atoms with Crippen LogP contribution in [-0.4, -0.2) is 29.5 Å². The minimum atomic E-state index is -0.947. The summed E-state index contributed by atoms with van der Waals surface area (Å²) >= 11 is 1.27. The second-order valence-electron chi connectivity index (χ2n) is 6.35. The maximum absolute atomic E-state index is 14.0. The molecule has 0 unspecified atom stereocenters. The van der Waals surface area contributed by atoms with E-state index in [9.17, 15) is 13.6 Å². The van der Waals surface area contributed by atoms with E-state index in [-0.39, 0.29) is 15.7 Å². The highest BCUT2D eigenvalue weighted by molar-refractivity contribution is 7.99. The number of pyridine rings is 1. The number of piperidine rings is 1. The molecule has 3 heterocycles. The van der Waals surface area contributed by atoms with E-state index in [1.165, 1.54) is 11.8 Å². The van der Waals surface area contributed by atoms with Crippen LogP contribution in [0.2, 0.25) is 0 Å². The van der Waals surface area contributed by atoms with Gasteiger partial charge >= 0.3 is 0 Å². The zero-order valence-corrected chi connectivity index (χ0v) is 14.0. The molecule has 2 N–H and O–H groups in total. The van der Waals surface area contributed by atoms with Crippen molar-refractivity contribution in [2.45, 2.75) is 36.9 Å². The van der Waals surface area contributed by atoms with Crippen LogP contribution in [0.4, 0.5) is 8.78 Å². The lowest BCUT2D eigenvalue weighted by Crippen LogP contribution is -2.43. The molecule has 2 aromatic rings. The van der Waals surface area contributed by atoms with Crippen LogP contribution >= 0.6 is 11.8 Å². The van der Waals surface area contributed by atoms with Crippen LogP contribution in [0.1, 0.15) is 18.4 Å². The highest BCUT2D eigenvalue weighted by atomic mass is 32.2. The summed E-state index contributed by atoms with van der Waals surface area (Å²) in [5.74, 6) is -1.12. The monoisotopic (exact) mass is 351 g/mol. The molecule has 24 heavy (non-hydrogen) atoms. The lowest BCUT2D eigenvalue weighted by molar-refractivity contribution is 0.388. The van der Waals surface area contributed by atoms with Crippen LogP contribution in [0, 0.1) is 11.6 Å². The molecule has 128 valence electrons. The van der Waals surface area contributed by atoms with Crippen molar-refractivity contribution < 1.29 is 8.78 Å². The average Bonchev–Trinajstić information content (AvgIpc) is 2.61. The van der Waals surface area contributed by atoms with Gasteiger partial charge in [-0.25, -0.2) is 8.78 Å². The fourth-order valence-corrected chi connectivity index (χ4v) is 4.58. The first kappa shape index (κ1) is 16.1. The van der Waals surface area contributed by atoms with E-state index >= 15 is 0 Å². The summed E-state index contributed by atoms with van der Waals surface area (Å²) in [5.41, 5.74) is 0.926. The summed E-state index contributed by atoms with van der Waals surface area (Å²) in [6.07, 6.45) is 3.99. The summed E-state index contributed by atoms with van der Waals surface area (Å²) in [6.45, 7) is 3.06. The van der Waals surface area contributed by atoms with E-state index in [1.807, 2.05) is 4.57 Å². The first-order valence-electron chi connectivity index (χ1n) is 8.26. The van der Waals surface area contributed by atoms with Crippen molar-refractivity contribution in [1.29, 1.82) is 0 Å². The van der Waals surface area contributed by atoms with Crippen molar-refractivity contribution in [1.82, 2.24) is 15.2 Å². The summed E-state index contributed by atoms with van der Waals surface area (Å²) in [6, 6.07) is 1.39. The first-order valence-corrected chi connectivity index (χ1v) is 9.24.